The Balaban J connectivity index is 1.28. The van der Waals surface area contributed by atoms with Gasteiger partial charge in [0.25, 0.3) is 0 Å². The Morgan fingerprint density at radius 1 is 1.11 bits per heavy atom. The van der Waals surface area contributed by atoms with Crippen molar-refractivity contribution in [2.45, 2.75) is 45.2 Å². The van der Waals surface area contributed by atoms with Gasteiger partial charge in [0, 0.05) is 55.0 Å². The fourth-order valence-corrected chi connectivity index (χ4v) is 4.06. The molecule has 7 nitrogen and oxygen atoms in total. The fourth-order valence-electron chi connectivity index (χ4n) is 4.06. The van der Waals surface area contributed by atoms with Crippen LogP contribution in [0.4, 0.5) is 5.69 Å². The highest BCUT2D eigenvalue weighted by atomic mass is 16.1. The Hall–Kier alpha value is -2.96. The number of fused-ring (bicyclic) bond motifs is 2. The molecule has 4 heterocycles. The number of rotatable bonds is 3. The second kappa shape index (κ2) is 6.64. The molecule has 0 saturated carbocycles. The van der Waals surface area contributed by atoms with E-state index in [-0.39, 0.29) is 11.8 Å². The molecular formula is C20H22N6O. The van der Waals surface area contributed by atoms with Gasteiger partial charge in [-0.05, 0) is 43.5 Å². The SMILES string of the molecule is O=C(Nc1ccc(-c2nnc3n2CCCC3)cc1)C1CCn2cncc2C1. The molecule has 0 bridgehead atoms. The number of carbonyl (C=O) groups is 1. The first kappa shape index (κ1) is 16.2. The number of aromatic nitrogens is 5. The molecule has 0 spiro atoms. The summed E-state index contributed by atoms with van der Waals surface area (Å²) in [5, 5.41) is 11.7. The van der Waals surface area contributed by atoms with E-state index in [2.05, 4.69) is 29.6 Å². The third-order valence-electron chi connectivity index (χ3n) is 5.61. The lowest BCUT2D eigenvalue weighted by molar-refractivity contribution is -0.120. The maximum absolute atomic E-state index is 12.6. The van der Waals surface area contributed by atoms with Gasteiger partial charge in [0.05, 0.1) is 6.33 Å². The highest BCUT2D eigenvalue weighted by Gasteiger charge is 2.25. The van der Waals surface area contributed by atoms with Crippen LogP contribution in [0, 0.1) is 5.92 Å². The van der Waals surface area contributed by atoms with E-state index in [0.29, 0.717) is 0 Å². The van der Waals surface area contributed by atoms with E-state index < -0.39 is 0 Å². The zero-order valence-corrected chi connectivity index (χ0v) is 15.1. The van der Waals surface area contributed by atoms with Crippen molar-refractivity contribution >= 4 is 11.6 Å². The van der Waals surface area contributed by atoms with Crippen LogP contribution >= 0.6 is 0 Å². The summed E-state index contributed by atoms with van der Waals surface area (Å²) in [5.74, 6) is 2.07. The Labute approximate surface area is 157 Å². The molecule has 1 amide bonds. The van der Waals surface area contributed by atoms with E-state index in [9.17, 15) is 4.79 Å². The quantitative estimate of drug-likeness (QED) is 0.777. The van der Waals surface area contributed by atoms with Gasteiger partial charge >= 0.3 is 0 Å². The largest absolute Gasteiger partial charge is 0.335 e. The standard InChI is InChI=1S/C20H22N6O/c27-20(15-8-10-25-13-21-12-17(25)11-15)22-16-6-4-14(5-7-16)19-24-23-18-3-1-2-9-26(18)19/h4-7,12-13,15H,1-3,8-11H2,(H,22,27). The topological polar surface area (TPSA) is 77.6 Å². The molecule has 7 heteroatoms. The summed E-state index contributed by atoms with van der Waals surface area (Å²) in [6, 6.07) is 7.92. The van der Waals surface area contributed by atoms with E-state index in [1.54, 1.807) is 0 Å². The highest BCUT2D eigenvalue weighted by molar-refractivity contribution is 5.93. The average molecular weight is 362 g/mol. The number of hydrogen-bond acceptors (Lipinski definition) is 4. The number of benzene rings is 1. The summed E-state index contributed by atoms with van der Waals surface area (Å²) < 4.78 is 4.33. The molecular weight excluding hydrogens is 340 g/mol. The maximum Gasteiger partial charge on any atom is 0.227 e. The zero-order valence-electron chi connectivity index (χ0n) is 15.1. The van der Waals surface area contributed by atoms with Crippen LogP contribution in [0.15, 0.2) is 36.8 Å². The van der Waals surface area contributed by atoms with Crippen LogP contribution in [0.25, 0.3) is 11.4 Å². The van der Waals surface area contributed by atoms with Crippen molar-refractivity contribution in [3.05, 3.63) is 48.3 Å². The van der Waals surface area contributed by atoms with E-state index in [4.69, 9.17) is 0 Å². The highest BCUT2D eigenvalue weighted by Crippen LogP contribution is 2.25. The van der Waals surface area contributed by atoms with Crippen LogP contribution in [0.2, 0.25) is 0 Å². The first-order valence-corrected chi connectivity index (χ1v) is 9.60. The molecule has 0 radical (unpaired) electrons. The molecule has 1 unspecified atom stereocenters. The lowest BCUT2D eigenvalue weighted by Gasteiger charge is -2.23. The second-order valence-electron chi connectivity index (χ2n) is 7.38. The molecule has 2 aromatic heterocycles. The number of aryl methyl sites for hydroxylation is 2. The summed E-state index contributed by atoms with van der Waals surface area (Å²) in [6.07, 6.45) is 8.65. The molecule has 138 valence electrons. The molecule has 2 aliphatic heterocycles. The van der Waals surface area contributed by atoms with Crippen LogP contribution < -0.4 is 5.32 Å². The van der Waals surface area contributed by atoms with Gasteiger partial charge in [-0.2, -0.15) is 0 Å². The first-order valence-electron chi connectivity index (χ1n) is 9.60. The van der Waals surface area contributed by atoms with Gasteiger partial charge in [-0.3, -0.25) is 4.79 Å². The van der Waals surface area contributed by atoms with Crippen LogP contribution in [0.1, 0.15) is 30.8 Å². The minimum absolute atomic E-state index is 0.00242. The minimum atomic E-state index is -0.00242. The lowest BCUT2D eigenvalue weighted by Crippen LogP contribution is -2.29. The average Bonchev–Trinajstić information content (AvgIpc) is 3.35. The minimum Gasteiger partial charge on any atom is -0.335 e. The Bertz CT molecular complexity index is 971. The van der Waals surface area contributed by atoms with Gasteiger partial charge in [0.2, 0.25) is 5.91 Å². The van der Waals surface area contributed by atoms with Gasteiger partial charge in [0.1, 0.15) is 5.82 Å². The van der Waals surface area contributed by atoms with Crippen molar-refractivity contribution in [1.29, 1.82) is 0 Å². The number of amides is 1. The lowest BCUT2D eigenvalue weighted by atomic mass is 9.95. The third kappa shape index (κ3) is 3.03. The van der Waals surface area contributed by atoms with Gasteiger partial charge in [0.15, 0.2) is 5.82 Å². The molecule has 1 aromatic carbocycles. The summed E-state index contributed by atoms with van der Waals surface area (Å²) in [5.41, 5.74) is 2.99. The predicted molar refractivity (Wildman–Crippen MR) is 101 cm³/mol. The predicted octanol–water partition coefficient (Wildman–Crippen LogP) is 2.68. The maximum atomic E-state index is 12.6. The second-order valence-corrected chi connectivity index (χ2v) is 7.38. The summed E-state index contributed by atoms with van der Waals surface area (Å²) in [6.45, 7) is 1.83. The van der Waals surface area contributed by atoms with E-state index in [1.807, 2.05) is 36.8 Å². The van der Waals surface area contributed by atoms with Crippen LogP contribution in [-0.4, -0.2) is 30.2 Å². The number of nitrogens with one attached hydrogen (secondary N) is 1. The molecule has 0 saturated heterocycles. The normalized spacial score (nSPS) is 18.6. The summed E-state index contributed by atoms with van der Waals surface area (Å²) in [4.78, 5) is 16.8. The molecule has 0 fully saturated rings. The van der Waals surface area contributed by atoms with Crippen molar-refractivity contribution in [2.75, 3.05) is 5.32 Å². The van der Waals surface area contributed by atoms with Gasteiger partial charge in [-0.1, -0.05) is 0 Å². The smallest absolute Gasteiger partial charge is 0.227 e. The first-order chi connectivity index (χ1) is 13.3. The van der Waals surface area contributed by atoms with Crippen molar-refractivity contribution in [1.82, 2.24) is 24.3 Å². The van der Waals surface area contributed by atoms with Crippen LogP contribution in [-0.2, 0) is 30.7 Å². The Morgan fingerprint density at radius 2 is 2.00 bits per heavy atom. The molecule has 1 N–H and O–H groups in total. The number of imidazole rings is 1. The molecule has 27 heavy (non-hydrogen) atoms. The van der Waals surface area contributed by atoms with Crippen LogP contribution in [0.5, 0.6) is 0 Å². The van der Waals surface area contributed by atoms with Crippen molar-refractivity contribution in [3.8, 4) is 11.4 Å². The zero-order chi connectivity index (χ0) is 18.2. The Kier molecular flexibility index (Phi) is 3.99. The molecule has 3 aromatic rings. The van der Waals surface area contributed by atoms with E-state index in [1.165, 1.54) is 12.8 Å². The van der Waals surface area contributed by atoms with Crippen molar-refractivity contribution in [3.63, 3.8) is 0 Å². The van der Waals surface area contributed by atoms with E-state index in [0.717, 1.165) is 60.9 Å². The van der Waals surface area contributed by atoms with Crippen LogP contribution in [0.3, 0.4) is 0 Å². The van der Waals surface area contributed by atoms with Gasteiger partial charge < -0.3 is 14.5 Å². The molecule has 2 aliphatic rings. The van der Waals surface area contributed by atoms with Crippen molar-refractivity contribution < 1.29 is 4.79 Å². The van der Waals surface area contributed by atoms with Gasteiger partial charge in [-0.15, -0.1) is 10.2 Å². The molecule has 1 atom stereocenters. The number of carbonyl (C=O) groups excluding carboxylic acids is 1. The molecule has 5 rings (SSSR count). The van der Waals surface area contributed by atoms with E-state index >= 15 is 0 Å². The number of nitrogens with zero attached hydrogens (tertiary/aromatic N) is 5. The number of hydrogen-bond donors (Lipinski definition) is 1. The number of anilines is 1. The Morgan fingerprint density at radius 3 is 2.89 bits per heavy atom. The van der Waals surface area contributed by atoms with Crippen molar-refractivity contribution in [2.24, 2.45) is 5.92 Å². The summed E-state index contributed by atoms with van der Waals surface area (Å²) in [7, 11) is 0. The summed E-state index contributed by atoms with van der Waals surface area (Å²) >= 11 is 0. The van der Waals surface area contributed by atoms with Gasteiger partial charge in [-0.25, -0.2) is 4.98 Å². The monoisotopic (exact) mass is 362 g/mol. The third-order valence-corrected chi connectivity index (χ3v) is 5.61. The fraction of sp³-hybridized carbons (Fsp3) is 0.400. The molecule has 0 aliphatic carbocycles.